The molecule has 0 atom stereocenters. The Balaban J connectivity index is 0.000000154. The van der Waals surface area contributed by atoms with Crippen molar-refractivity contribution in [1.29, 1.82) is 5.26 Å². The third-order valence-electron chi connectivity index (χ3n) is 11.0. The molecule has 0 saturated heterocycles. The number of carbonyl (C=O) groups excluding carboxylic acids is 2. The molecule has 0 bridgehead atoms. The van der Waals surface area contributed by atoms with E-state index in [1.807, 2.05) is 109 Å². The molecule has 17 nitrogen and oxygen atoms in total. The molecule has 65 heavy (non-hydrogen) atoms. The number of aromatic amines is 1. The molecule has 0 spiro atoms. The van der Waals surface area contributed by atoms with Crippen LogP contribution in [0.15, 0.2) is 122 Å². The van der Waals surface area contributed by atoms with E-state index in [0.717, 1.165) is 82.1 Å². The van der Waals surface area contributed by atoms with Crippen LogP contribution in [0, 0.1) is 23.2 Å². The van der Waals surface area contributed by atoms with Crippen molar-refractivity contribution >= 4 is 22.9 Å². The van der Waals surface area contributed by atoms with Crippen molar-refractivity contribution in [2.45, 2.75) is 51.7 Å². The van der Waals surface area contributed by atoms with Crippen LogP contribution >= 0.6 is 0 Å². The molecule has 2 aliphatic rings. The third kappa shape index (κ3) is 9.61. The normalized spacial score (nSPS) is 13.2. The molecule has 0 radical (unpaired) electrons. The van der Waals surface area contributed by atoms with Gasteiger partial charge in [0.2, 0.25) is 5.82 Å². The van der Waals surface area contributed by atoms with Crippen molar-refractivity contribution in [3.63, 3.8) is 0 Å². The highest BCUT2D eigenvalue weighted by molar-refractivity contribution is 5.85. The standard InChI is InChI=1S/C24H20N8O2.C24H19N5O2/c33-21(17-5-6-17)12-22-26-23-3-1-2-20(32(23)29-22)16-7-9-18(10-8-16)34-14-15-4-11-19(25-13-15)24-27-30-31-28-24;25-13-19-9-4-16(14-26-19)15-31-20-10-7-17(8-11-20)21-2-1-3-24-27-23(28-29(21)24)12-22(30)18-5-6-18/h1-4,7-11,13,17H,5-6,12,14H2,(H,27,28,30,31);1-4,7-11,14,18H,5-6,12,15H2. The number of nitriles is 1. The van der Waals surface area contributed by atoms with Crippen LogP contribution in [-0.4, -0.2) is 71.4 Å². The van der Waals surface area contributed by atoms with E-state index < -0.39 is 0 Å². The third-order valence-corrected chi connectivity index (χ3v) is 11.0. The number of rotatable bonds is 15. The first-order valence-corrected chi connectivity index (χ1v) is 21.2. The Hall–Kier alpha value is -8.52. The summed E-state index contributed by atoms with van der Waals surface area (Å²) < 4.78 is 15.3. The average molecular weight is 862 g/mol. The monoisotopic (exact) mass is 861 g/mol. The first-order valence-electron chi connectivity index (χ1n) is 21.2. The van der Waals surface area contributed by atoms with E-state index >= 15 is 0 Å². The molecule has 11 rings (SSSR count). The van der Waals surface area contributed by atoms with Gasteiger partial charge in [0, 0.05) is 46.5 Å². The number of Topliss-reactive ketones (excluding diaryl/α,β-unsaturated/α-hetero) is 2. The van der Waals surface area contributed by atoms with E-state index in [0.29, 0.717) is 54.9 Å². The van der Waals surface area contributed by atoms with Crippen LogP contribution in [0.4, 0.5) is 0 Å². The predicted molar refractivity (Wildman–Crippen MR) is 235 cm³/mol. The molecule has 320 valence electrons. The van der Waals surface area contributed by atoms with Gasteiger partial charge >= 0.3 is 0 Å². The molecule has 2 aliphatic carbocycles. The fourth-order valence-corrected chi connectivity index (χ4v) is 7.16. The summed E-state index contributed by atoms with van der Waals surface area (Å²) in [5.74, 6) is 3.95. The molecular formula is C48H39N13O4. The van der Waals surface area contributed by atoms with Gasteiger partial charge in [0.05, 0.1) is 24.2 Å². The number of H-pyrrole nitrogens is 1. The van der Waals surface area contributed by atoms with Gasteiger partial charge in [-0.05, 0) is 116 Å². The highest BCUT2D eigenvalue weighted by Gasteiger charge is 2.31. The lowest BCUT2D eigenvalue weighted by Crippen LogP contribution is -2.06. The summed E-state index contributed by atoms with van der Waals surface area (Å²) in [7, 11) is 0. The van der Waals surface area contributed by atoms with Crippen LogP contribution in [0.2, 0.25) is 0 Å². The second kappa shape index (κ2) is 18.1. The van der Waals surface area contributed by atoms with Crippen LogP contribution in [-0.2, 0) is 35.6 Å². The summed E-state index contributed by atoms with van der Waals surface area (Å²) >= 11 is 0. The number of tetrazole rings is 1. The lowest BCUT2D eigenvalue weighted by molar-refractivity contribution is -0.120. The number of carbonyl (C=O) groups is 2. The zero-order valence-electron chi connectivity index (χ0n) is 34.9. The van der Waals surface area contributed by atoms with Gasteiger partial charge < -0.3 is 9.47 Å². The number of hydrogen-bond donors (Lipinski definition) is 1. The maximum Gasteiger partial charge on any atom is 0.222 e. The number of hydrogen-bond acceptors (Lipinski definition) is 14. The van der Waals surface area contributed by atoms with Crippen LogP contribution in [0.5, 0.6) is 11.5 Å². The van der Waals surface area contributed by atoms with Crippen LogP contribution in [0.25, 0.3) is 45.3 Å². The first kappa shape index (κ1) is 40.5. The number of nitrogens with zero attached hydrogens (tertiary/aromatic N) is 12. The maximum absolute atomic E-state index is 12.2. The Kier molecular flexibility index (Phi) is 11.3. The van der Waals surface area contributed by atoms with Crippen molar-refractivity contribution in [2.75, 3.05) is 0 Å². The van der Waals surface area contributed by atoms with Gasteiger partial charge in [-0.15, -0.1) is 10.2 Å². The molecule has 2 fully saturated rings. The van der Waals surface area contributed by atoms with E-state index in [2.05, 4.69) is 50.8 Å². The highest BCUT2D eigenvalue weighted by atomic mass is 16.5. The van der Waals surface area contributed by atoms with Gasteiger partial charge in [-0.2, -0.15) is 20.7 Å². The summed E-state index contributed by atoms with van der Waals surface area (Å²) in [6, 6.07) is 36.5. The summed E-state index contributed by atoms with van der Waals surface area (Å²) in [6.07, 6.45) is 7.94. The van der Waals surface area contributed by atoms with Gasteiger partial charge in [-0.3, -0.25) is 14.6 Å². The fourth-order valence-electron chi connectivity index (χ4n) is 7.16. The number of fused-ring (bicyclic) bond motifs is 2. The average Bonchev–Trinajstić information content (AvgIpc) is 4.24. The molecule has 9 aromatic rings. The number of ketones is 2. The molecule has 7 aromatic heterocycles. The quantitative estimate of drug-likeness (QED) is 0.112. The smallest absolute Gasteiger partial charge is 0.222 e. The number of aromatic nitrogens is 12. The number of nitrogens with one attached hydrogen (secondary N) is 1. The van der Waals surface area contributed by atoms with E-state index in [4.69, 9.17) is 14.7 Å². The maximum atomic E-state index is 12.2. The van der Waals surface area contributed by atoms with Gasteiger partial charge in [0.25, 0.3) is 0 Å². The van der Waals surface area contributed by atoms with Crippen molar-refractivity contribution in [2.24, 2.45) is 11.8 Å². The number of ether oxygens (including phenoxy) is 2. The zero-order chi connectivity index (χ0) is 44.1. The number of benzene rings is 2. The predicted octanol–water partition coefficient (Wildman–Crippen LogP) is 6.84. The summed E-state index contributed by atoms with van der Waals surface area (Å²) in [5, 5.41) is 31.8. The molecule has 0 amide bonds. The molecule has 0 unspecified atom stereocenters. The SMILES string of the molecule is N#Cc1ccc(COc2ccc(-c3cccc4nc(CC(=O)C5CC5)nn34)cc2)cn1.O=C(Cc1nc2cccc(-c3ccc(OCc4ccc(-c5nn[nH]n5)nc4)cc3)n2n1)C1CC1. The van der Waals surface area contributed by atoms with Gasteiger partial charge in [-0.25, -0.2) is 24.0 Å². The van der Waals surface area contributed by atoms with Crippen molar-refractivity contribution in [3.05, 3.63) is 150 Å². The van der Waals surface area contributed by atoms with E-state index in [1.165, 1.54) is 0 Å². The molecule has 2 saturated carbocycles. The molecule has 2 aromatic carbocycles. The second-order valence-corrected chi connectivity index (χ2v) is 15.8. The van der Waals surface area contributed by atoms with Crippen LogP contribution < -0.4 is 9.47 Å². The molecule has 1 N–H and O–H groups in total. The molecule has 17 heteroatoms. The minimum atomic E-state index is 0.206. The Bertz CT molecular complexity index is 3150. The van der Waals surface area contributed by atoms with Gasteiger partial charge in [0.15, 0.2) is 22.9 Å². The van der Waals surface area contributed by atoms with Crippen molar-refractivity contribution < 1.29 is 19.1 Å². The summed E-state index contributed by atoms with van der Waals surface area (Å²) in [4.78, 5) is 41.7. The largest absolute Gasteiger partial charge is 0.489 e. The van der Waals surface area contributed by atoms with E-state index in [9.17, 15) is 9.59 Å². The van der Waals surface area contributed by atoms with Crippen LogP contribution in [0.1, 0.15) is 54.2 Å². The lowest BCUT2D eigenvalue weighted by atomic mass is 10.1. The van der Waals surface area contributed by atoms with E-state index in [1.54, 1.807) is 27.5 Å². The zero-order valence-corrected chi connectivity index (χ0v) is 34.9. The Morgan fingerprint density at radius 2 is 1.17 bits per heavy atom. The molecule has 7 heterocycles. The lowest BCUT2D eigenvalue weighted by Gasteiger charge is -2.08. The topological polar surface area (TPSA) is 217 Å². The Morgan fingerprint density at radius 3 is 1.60 bits per heavy atom. The minimum absolute atomic E-state index is 0.206. The van der Waals surface area contributed by atoms with Crippen molar-refractivity contribution in [1.82, 2.24) is 59.8 Å². The Labute approximate surface area is 371 Å². The van der Waals surface area contributed by atoms with E-state index in [-0.39, 0.29) is 23.4 Å². The fraction of sp³-hybridized carbons (Fsp3) is 0.208. The molecular weight excluding hydrogens is 823 g/mol. The summed E-state index contributed by atoms with van der Waals surface area (Å²) in [6.45, 7) is 0.755. The highest BCUT2D eigenvalue weighted by Crippen LogP contribution is 2.32. The minimum Gasteiger partial charge on any atom is -0.489 e. The van der Waals surface area contributed by atoms with Gasteiger partial charge in [-0.1, -0.05) is 24.3 Å². The summed E-state index contributed by atoms with van der Waals surface area (Å²) in [5.41, 5.74) is 8.07. The number of pyridine rings is 4. The van der Waals surface area contributed by atoms with Crippen molar-refractivity contribution in [3.8, 4) is 51.6 Å². The first-order chi connectivity index (χ1) is 31.9. The van der Waals surface area contributed by atoms with Gasteiger partial charge in [0.1, 0.15) is 53.7 Å². The van der Waals surface area contributed by atoms with Crippen LogP contribution in [0.3, 0.4) is 0 Å². The molecule has 0 aliphatic heterocycles. The Morgan fingerprint density at radius 1 is 0.646 bits per heavy atom. The second-order valence-electron chi connectivity index (χ2n) is 15.8.